The SMILES string of the molecule is CN=C(NCCCNC(=O)c1cccs1)NCc1ccc(C)cc1OCC1CCOC1.I. The minimum atomic E-state index is -0.0198. The highest BCUT2D eigenvalue weighted by atomic mass is 127. The summed E-state index contributed by atoms with van der Waals surface area (Å²) in [5.41, 5.74) is 2.27. The summed E-state index contributed by atoms with van der Waals surface area (Å²) in [6.07, 6.45) is 1.86. The van der Waals surface area contributed by atoms with E-state index in [9.17, 15) is 4.79 Å². The zero-order valence-electron chi connectivity index (χ0n) is 18.7. The number of carbonyl (C=O) groups excluding carboxylic acids is 1. The molecular weight excluding hydrogens is 539 g/mol. The number of rotatable bonds is 10. The number of thiophene rings is 1. The maximum absolute atomic E-state index is 11.9. The molecule has 1 aromatic heterocycles. The predicted octanol–water partition coefficient (Wildman–Crippen LogP) is 3.57. The number of nitrogens with one attached hydrogen (secondary N) is 3. The number of ether oxygens (including phenoxy) is 2. The maximum atomic E-state index is 11.9. The summed E-state index contributed by atoms with van der Waals surface area (Å²) in [6, 6.07) is 9.98. The summed E-state index contributed by atoms with van der Waals surface area (Å²) in [4.78, 5) is 17.0. The molecule has 1 aromatic carbocycles. The summed E-state index contributed by atoms with van der Waals surface area (Å²) < 4.78 is 11.6. The van der Waals surface area contributed by atoms with E-state index in [1.807, 2.05) is 17.5 Å². The molecule has 2 heterocycles. The molecule has 2 aromatic rings. The number of nitrogens with zero attached hydrogens (tertiary/aromatic N) is 1. The summed E-state index contributed by atoms with van der Waals surface area (Å²) >= 11 is 1.45. The van der Waals surface area contributed by atoms with Crippen LogP contribution in [0.5, 0.6) is 5.75 Å². The minimum Gasteiger partial charge on any atom is -0.493 e. The van der Waals surface area contributed by atoms with E-state index in [2.05, 4.69) is 46.1 Å². The van der Waals surface area contributed by atoms with E-state index in [0.29, 0.717) is 32.2 Å². The van der Waals surface area contributed by atoms with Gasteiger partial charge < -0.3 is 25.4 Å². The third kappa shape index (κ3) is 8.59. The number of amides is 1. The van der Waals surface area contributed by atoms with Gasteiger partial charge in [0, 0.05) is 44.8 Å². The molecule has 1 saturated heterocycles. The van der Waals surface area contributed by atoms with Crippen molar-refractivity contribution in [1.82, 2.24) is 16.0 Å². The fourth-order valence-electron chi connectivity index (χ4n) is 3.26. The molecule has 9 heteroatoms. The molecule has 1 unspecified atom stereocenters. The summed E-state index contributed by atoms with van der Waals surface area (Å²) in [5, 5.41) is 11.5. The zero-order valence-corrected chi connectivity index (χ0v) is 21.8. The van der Waals surface area contributed by atoms with Gasteiger partial charge in [0.05, 0.1) is 18.1 Å². The van der Waals surface area contributed by atoms with Crippen LogP contribution in [0.3, 0.4) is 0 Å². The van der Waals surface area contributed by atoms with Crippen LogP contribution >= 0.6 is 35.3 Å². The average Bonchev–Trinajstić information content (AvgIpc) is 3.49. The van der Waals surface area contributed by atoms with Gasteiger partial charge in [-0.2, -0.15) is 0 Å². The lowest BCUT2D eigenvalue weighted by atomic mass is 10.1. The monoisotopic (exact) mass is 572 g/mol. The third-order valence-corrected chi connectivity index (χ3v) is 5.94. The molecule has 0 saturated carbocycles. The normalized spacial score (nSPS) is 15.7. The Bertz CT molecular complexity index is 855. The maximum Gasteiger partial charge on any atom is 0.261 e. The van der Waals surface area contributed by atoms with Crippen LogP contribution in [0.2, 0.25) is 0 Å². The molecular formula is C23H33IN4O3S. The van der Waals surface area contributed by atoms with Crippen LogP contribution in [0.4, 0.5) is 0 Å². The van der Waals surface area contributed by atoms with Crippen molar-refractivity contribution in [1.29, 1.82) is 0 Å². The first-order chi connectivity index (χ1) is 15.2. The third-order valence-electron chi connectivity index (χ3n) is 5.07. The van der Waals surface area contributed by atoms with E-state index >= 15 is 0 Å². The number of aryl methyl sites for hydroxylation is 1. The molecule has 1 fully saturated rings. The van der Waals surface area contributed by atoms with Gasteiger partial charge in [0.25, 0.3) is 5.91 Å². The first-order valence-electron chi connectivity index (χ1n) is 10.7. The highest BCUT2D eigenvalue weighted by Crippen LogP contribution is 2.22. The van der Waals surface area contributed by atoms with Crippen LogP contribution < -0.4 is 20.7 Å². The van der Waals surface area contributed by atoms with Crippen LogP contribution in [0, 0.1) is 12.8 Å². The molecule has 1 atom stereocenters. The van der Waals surface area contributed by atoms with Crippen molar-refractivity contribution in [2.75, 3.05) is 40.0 Å². The zero-order chi connectivity index (χ0) is 21.9. The smallest absolute Gasteiger partial charge is 0.261 e. The van der Waals surface area contributed by atoms with Crippen molar-refractivity contribution in [2.45, 2.75) is 26.3 Å². The van der Waals surface area contributed by atoms with Gasteiger partial charge in [0.15, 0.2) is 5.96 Å². The Morgan fingerprint density at radius 1 is 1.25 bits per heavy atom. The van der Waals surface area contributed by atoms with E-state index in [4.69, 9.17) is 9.47 Å². The topological polar surface area (TPSA) is 84.0 Å². The van der Waals surface area contributed by atoms with Crippen LogP contribution in [-0.2, 0) is 11.3 Å². The Morgan fingerprint density at radius 3 is 2.81 bits per heavy atom. The first kappa shape index (κ1) is 26.4. The Kier molecular flexibility index (Phi) is 11.8. The van der Waals surface area contributed by atoms with E-state index in [1.54, 1.807) is 7.05 Å². The van der Waals surface area contributed by atoms with Gasteiger partial charge in [-0.25, -0.2) is 0 Å². The van der Waals surface area contributed by atoms with Gasteiger partial charge in [-0.05, 0) is 42.8 Å². The predicted molar refractivity (Wildman–Crippen MR) is 140 cm³/mol. The first-order valence-corrected chi connectivity index (χ1v) is 11.6. The highest BCUT2D eigenvalue weighted by Gasteiger charge is 2.17. The number of benzene rings is 1. The standard InChI is InChI=1S/C23H32N4O3S.HI/c1-17-6-7-19(20(13-17)30-16-18-8-11-29-15-18)14-27-23(24-2)26-10-4-9-25-22(28)21-5-3-12-31-21;/h3,5-7,12-13,18H,4,8-11,14-16H2,1-2H3,(H,25,28)(H2,24,26,27);1H. The van der Waals surface area contributed by atoms with Crippen molar-refractivity contribution < 1.29 is 14.3 Å². The lowest BCUT2D eigenvalue weighted by molar-refractivity contribution is 0.0957. The molecule has 176 valence electrons. The second-order valence-electron chi connectivity index (χ2n) is 7.59. The van der Waals surface area contributed by atoms with Crippen molar-refractivity contribution in [3.05, 3.63) is 51.7 Å². The van der Waals surface area contributed by atoms with Crippen molar-refractivity contribution >= 4 is 47.2 Å². The molecule has 3 N–H and O–H groups in total. The number of hydrogen-bond acceptors (Lipinski definition) is 5. The lowest BCUT2D eigenvalue weighted by Gasteiger charge is -2.17. The van der Waals surface area contributed by atoms with Gasteiger partial charge in [0.2, 0.25) is 0 Å². The van der Waals surface area contributed by atoms with E-state index in [-0.39, 0.29) is 29.9 Å². The van der Waals surface area contributed by atoms with E-state index in [0.717, 1.165) is 48.2 Å². The van der Waals surface area contributed by atoms with Gasteiger partial charge in [-0.1, -0.05) is 18.2 Å². The Morgan fingerprint density at radius 2 is 2.09 bits per heavy atom. The molecule has 0 radical (unpaired) electrons. The Balaban J connectivity index is 0.00000363. The van der Waals surface area contributed by atoms with Gasteiger partial charge >= 0.3 is 0 Å². The second kappa shape index (κ2) is 14.3. The molecule has 1 aliphatic heterocycles. The molecule has 7 nitrogen and oxygen atoms in total. The summed E-state index contributed by atoms with van der Waals surface area (Å²) in [7, 11) is 1.75. The van der Waals surface area contributed by atoms with Crippen molar-refractivity contribution in [3.63, 3.8) is 0 Å². The summed E-state index contributed by atoms with van der Waals surface area (Å²) in [5.74, 6) is 2.08. The Hall–Kier alpha value is -1.85. The fourth-order valence-corrected chi connectivity index (χ4v) is 3.90. The lowest BCUT2D eigenvalue weighted by Crippen LogP contribution is -2.38. The van der Waals surface area contributed by atoms with Crippen molar-refractivity contribution in [3.8, 4) is 5.75 Å². The number of aliphatic imine (C=N–C) groups is 1. The second-order valence-corrected chi connectivity index (χ2v) is 8.54. The van der Waals surface area contributed by atoms with Gasteiger partial charge in [-0.3, -0.25) is 9.79 Å². The number of halogens is 1. The molecule has 3 rings (SSSR count). The van der Waals surface area contributed by atoms with Gasteiger partial charge in [-0.15, -0.1) is 35.3 Å². The molecule has 0 bridgehead atoms. The molecule has 1 aliphatic rings. The highest BCUT2D eigenvalue weighted by molar-refractivity contribution is 14.0. The van der Waals surface area contributed by atoms with Crippen molar-refractivity contribution in [2.24, 2.45) is 10.9 Å². The van der Waals surface area contributed by atoms with Crippen LogP contribution in [-0.4, -0.2) is 51.8 Å². The minimum absolute atomic E-state index is 0. The number of hydrogen-bond donors (Lipinski definition) is 3. The van der Waals surface area contributed by atoms with E-state index < -0.39 is 0 Å². The Labute approximate surface area is 211 Å². The van der Waals surface area contributed by atoms with Crippen LogP contribution in [0.25, 0.3) is 0 Å². The van der Waals surface area contributed by atoms with E-state index in [1.165, 1.54) is 16.9 Å². The molecule has 1 amide bonds. The largest absolute Gasteiger partial charge is 0.493 e. The quantitative estimate of drug-likeness (QED) is 0.176. The fraction of sp³-hybridized carbons (Fsp3) is 0.478. The van der Waals surface area contributed by atoms with Gasteiger partial charge in [0.1, 0.15) is 5.75 Å². The number of carbonyl (C=O) groups is 1. The molecule has 0 aliphatic carbocycles. The number of guanidine groups is 1. The van der Waals surface area contributed by atoms with Crippen LogP contribution in [0.1, 0.15) is 33.6 Å². The summed E-state index contributed by atoms with van der Waals surface area (Å²) in [6.45, 7) is 6.30. The average molecular weight is 573 g/mol. The van der Waals surface area contributed by atoms with Crippen LogP contribution in [0.15, 0.2) is 40.7 Å². The molecule has 32 heavy (non-hydrogen) atoms. The molecule has 0 spiro atoms.